The Bertz CT molecular complexity index is 1590. The number of esters is 1. The number of methoxy groups -OCH3 is 1. The first kappa shape index (κ1) is 31.3. The molecule has 0 aromatic carbocycles. The average Bonchev–Trinajstić information content (AvgIpc) is 3.60. The molecule has 5 heterocycles. The molecule has 1 amide bonds. The zero-order chi connectivity index (χ0) is 31.5. The molecule has 3 aromatic heterocycles. The van der Waals surface area contributed by atoms with Crippen molar-refractivity contribution in [3.05, 3.63) is 71.5 Å². The van der Waals surface area contributed by atoms with Gasteiger partial charge in [0.25, 0.3) is 0 Å². The highest BCUT2D eigenvalue weighted by Crippen LogP contribution is 2.53. The second kappa shape index (κ2) is 11.1. The number of rotatable bonds is 10. The molecule has 3 aromatic rings. The van der Waals surface area contributed by atoms with Crippen molar-refractivity contribution in [3.63, 3.8) is 0 Å². The lowest BCUT2D eigenvalue weighted by Crippen LogP contribution is -2.65. The van der Waals surface area contributed by atoms with E-state index in [9.17, 15) is 9.59 Å². The van der Waals surface area contributed by atoms with Gasteiger partial charge in [0.2, 0.25) is 5.91 Å². The zero-order valence-electron chi connectivity index (χ0n) is 26.5. The molecule has 230 valence electrons. The zero-order valence-corrected chi connectivity index (χ0v) is 28.3. The van der Waals surface area contributed by atoms with Crippen LogP contribution in [0.2, 0.25) is 18.1 Å². The molecule has 2 aliphatic rings. The standard InChI is InChI=1S/C32H42N4O5SSi/c1-11-15-40-30(38)26-23(19(2)25-24(28(37)36(25)26)20(3)41-43(9,10)31(4,5)6)22-17-35-18-34-27(29(35)42-22)32(7,39-8)21-13-12-14-33-16-21/h11-14,16-20,24-25H,1,15H2,2-10H3/t19-,20+,24+,25+,32?/m0/s1. The van der Waals surface area contributed by atoms with Crippen LogP contribution in [0.15, 0.2) is 55.4 Å². The maximum atomic E-state index is 13.8. The molecule has 0 aliphatic carbocycles. The van der Waals surface area contributed by atoms with E-state index in [0.717, 1.165) is 26.5 Å². The van der Waals surface area contributed by atoms with Crippen LogP contribution in [-0.2, 0) is 29.1 Å². The normalized spacial score (nSPS) is 22.8. The number of imidazole rings is 1. The van der Waals surface area contributed by atoms with Crippen LogP contribution >= 0.6 is 11.3 Å². The molecule has 9 nitrogen and oxygen atoms in total. The maximum Gasteiger partial charge on any atom is 0.355 e. The van der Waals surface area contributed by atoms with Crippen LogP contribution < -0.4 is 0 Å². The molecule has 5 atom stereocenters. The van der Waals surface area contributed by atoms with Crippen molar-refractivity contribution in [1.82, 2.24) is 19.3 Å². The first-order valence-corrected chi connectivity index (χ1v) is 18.4. The molecule has 2 aliphatic heterocycles. The van der Waals surface area contributed by atoms with E-state index in [1.165, 1.54) is 17.4 Å². The number of hydrogen-bond acceptors (Lipinski definition) is 8. The number of fused-ring (bicyclic) bond motifs is 2. The van der Waals surface area contributed by atoms with E-state index < -0.39 is 19.9 Å². The van der Waals surface area contributed by atoms with Gasteiger partial charge in [-0.3, -0.25) is 14.2 Å². The Labute approximate surface area is 258 Å². The van der Waals surface area contributed by atoms with Gasteiger partial charge in [-0.15, -0.1) is 11.3 Å². The fourth-order valence-electron chi connectivity index (χ4n) is 6.04. The lowest BCUT2D eigenvalue weighted by molar-refractivity contribution is -0.163. The lowest BCUT2D eigenvalue weighted by Gasteiger charge is -2.50. The highest BCUT2D eigenvalue weighted by Gasteiger charge is 2.61. The third-order valence-corrected chi connectivity index (χ3v) is 15.2. The minimum Gasteiger partial charge on any atom is -0.457 e. The van der Waals surface area contributed by atoms with Gasteiger partial charge in [-0.25, -0.2) is 9.78 Å². The molecule has 0 bridgehead atoms. The molecular weight excluding hydrogens is 581 g/mol. The van der Waals surface area contributed by atoms with Crippen molar-refractivity contribution >= 4 is 41.9 Å². The van der Waals surface area contributed by atoms with E-state index in [1.807, 2.05) is 36.6 Å². The number of carbonyl (C=O) groups excluding carboxylic acids is 2. The van der Waals surface area contributed by atoms with Gasteiger partial charge in [0, 0.05) is 42.8 Å². The SMILES string of the molecule is C=CCOC(=O)C1=C(c2cn3cnc(C(C)(OC)c4cccnc4)c3s2)[C@H](C)[C@@H]2[C@@H]([C@@H](C)O[Si](C)(C)C(C)(C)C)C(=O)N12. The van der Waals surface area contributed by atoms with Gasteiger partial charge in [0.1, 0.15) is 34.8 Å². The molecule has 1 fully saturated rings. The molecule has 1 unspecified atom stereocenters. The number of nitrogens with zero attached hydrogens (tertiary/aromatic N) is 4. The number of thiazole rings is 1. The first-order chi connectivity index (χ1) is 20.2. The van der Waals surface area contributed by atoms with Crippen LogP contribution in [0.4, 0.5) is 0 Å². The second-order valence-corrected chi connectivity index (χ2v) is 18.9. The highest BCUT2D eigenvalue weighted by molar-refractivity contribution is 7.18. The summed E-state index contributed by atoms with van der Waals surface area (Å²) < 4.78 is 20.2. The fourth-order valence-corrected chi connectivity index (χ4v) is 8.78. The van der Waals surface area contributed by atoms with Gasteiger partial charge in [0.15, 0.2) is 8.32 Å². The number of β-lactam (4-membered cyclic amide) rings is 1. The Kier molecular flexibility index (Phi) is 8.08. The number of hydrogen-bond donors (Lipinski definition) is 0. The average molecular weight is 623 g/mol. The molecule has 43 heavy (non-hydrogen) atoms. The number of amides is 1. The third kappa shape index (κ3) is 5.00. The van der Waals surface area contributed by atoms with Crippen molar-refractivity contribution in [2.75, 3.05) is 13.7 Å². The summed E-state index contributed by atoms with van der Waals surface area (Å²) in [5.74, 6) is -1.10. The predicted molar refractivity (Wildman–Crippen MR) is 170 cm³/mol. The minimum atomic E-state index is -2.13. The molecule has 5 rings (SSSR count). The first-order valence-electron chi connectivity index (χ1n) is 14.6. The molecule has 11 heteroatoms. The van der Waals surface area contributed by atoms with E-state index in [2.05, 4.69) is 52.4 Å². The minimum absolute atomic E-state index is 0.00906. The Morgan fingerprint density at radius 3 is 2.60 bits per heavy atom. The van der Waals surface area contributed by atoms with Crippen LogP contribution in [0.25, 0.3) is 10.4 Å². The van der Waals surface area contributed by atoms with Crippen molar-refractivity contribution in [2.45, 2.75) is 77.4 Å². The van der Waals surface area contributed by atoms with Crippen LogP contribution in [0.5, 0.6) is 0 Å². The molecule has 0 radical (unpaired) electrons. The van der Waals surface area contributed by atoms with Gasteiger partial charge < -0.3 is 18.8 Å². The monoisotopic (exact) mass is 622 g/mol. The molecular formula is C32H42N4O5SSi. The van der Waals surface area contributed by atoms with Crippen LogP contribution in [0.1, 0.15) is 57.7 Å². The summed E-state index contributed by atoms with van der Waals surface area (Å²) >= 11 is 1.52. The van der Waals surface area contributed by atoms with Gasteiger partial charge in [-0.1, -0.05) is 46.4 Å². The van der Waals surface area contributed by atoms with Crippen molar-refractivity contribution in [3.8, 4) is 0 Å². The van der Waals surface area contributed by atoms with E-state index >= 15 is 0 Å². The summed E-state index contributed by atoms with van der Waals surface area (Å²) in [6.07, 6.45) is 8.49. The summed E-state index contributed by atoms with van der Waals surface area (Å²) in [6.45, 7) is 20.8. The number of pyridine rings is 1. The topological polar surface area (TPSA) is 95.3 Å². The lowest BCUT2D eigenvalue weighted by atomic mass is 9.77. The molecule has 1 saturated heterocycles. The second-order valence-electron chi connectivity index (χ2n) is 13.1. The smallest absolute Gasteiger partial charge is 0.355 e. The maximum absolute atomic E-state index is 13.8. The largest absolute Gasteiger partial charge is 0.457 e. The van der Waals surface area contributed by atoms with Gasteiger partial charge in [-0.05, 0) is 38.0 Å². The Hall–Kier alpha value is -3.12. The molecule has 0 spiro atoms. The van der Waals surface area contributed by atoms with Gasteiger partial charge in [-0.2, -0.15) is 0 Å². The van der Waals surface area contributed by atoms with E-state index in [-0.39, 0.29) is 41.5 Å². The van der Waals surface area contributed by atoms with E-state index in [4.69, 9.17) is 18.9 Å². The van der Waals surface area contributed by atoms with Crippen LogP contribution in [0.3, 0.4) is 0 Å². The van der Waals surface area contributed by atoms with Gasteiger partial charge >= 0.3 is 5.97 Å². The predicted octanol–water partition coefficient (Wildman–Crippen LogP) is 6.03. The Morgan fingerprint density at radius 1 is 1.28 bits per heavy atom. The van der Waals surface area contributed by atoms with E-state index in [1.54, 1.807) is 30.7 Å². The summed E-state index contributed by atoms with van der Waals surface area (Å²) in [4.78, 5) is 39.7. The Balaban J connectivity index is 1.56. The quantitative estimate of drug-likeness (QED) is 0.118. The fraction of sp³-hybridized carbons (Fsp3) is 0.500. The summed E-state index contributed by atoms with van der Waals surface area (Å²) in [5, 5.41) is 0.00906. The van der Waals surface area contributed by atoms with Gasteiger partial charge in [0.05, 0.1) is 22.9 Å². The number of ether oxygens (including phenoxy) is 2. The Morgan fingerprint density at radius 2 is 2.00 bits per heavy atom. The van der Waals surface area contributed by atoms with Crippen LogP contribution in [0, 0.1) is 11.8 Å². The summed E-state index contributed by atoms with van der Waals surface area (Å²) in [6, 6.07) is 3.64. The van der Waals surface area contributed by atoms with E-state index in [0.29, 0.717) is 5.70 Å². The summed E-state index contributed by atoms with van der Waals surface area (Å²) in [7, 11) is -0.468. The number of aromatic nitrogens is 3. The molecule has 0 saturated carbocycles. The third-order valence-electron chi connectivity index (χ3n) is 9.52. The molecule has 0 N–H and O–H groups in total. The van der Waals surface area contributed by atoms with Crippen molar-refractivity contribution in [2.24, 2.45) is 11.8 Å². The van der Waals surface area contributed by atoms with Crippen LogP contribution in [-0.4, -0.2) is 65.3 Å². The highest BCUT2D eigenvalue weighted by atomic mass is 32.1. The van der Waals surface area contributed by atoms with Crippen molar-refractivity contribution in [1.29, 1.82) is 0 Å². The summed E-state index contributed by atoms with van der Waals surface area (Å²) in [5.41, 5.74) is 1.89. The van der Waals surface area contributed by atoms with Crippen molar-refractivity contribution < 1.29 is 23.5 Å². The number of carbonyl (C=O) groups is 2.